The predicted molar refractivity (Wildman–Crippen MR) is 118 cm³/mol. The lowest BCUT2D eigenvalue weighted by molar-refractivity contribution is 0.177. The van der Waals surface area contributed by atoms with Crippen LogP contribution in [-0.4, -0.2) is 39.0 Å². The van der Waals surface area contributed by atoms with E-state index in [9.17, 15) is 9.90 Å². The summed E-state index contributed by atoms with van der Waals surface area (Å²) in [6.07, 6.45) is 0.752. The van der Waals surface area contributed by atoms with Crippen molar-refractivity contribution >= 4 is 22.6 Å². The standard InChI is InChI=1S/C23H24ClNO6/c1-28-18-10-19(29-2)22-16(27)9-20(30-17-6-4-3-5-15(17)24)31-23(22)21(18)14-7-8-25-11-13(14)12-26/h3-6,9-10,13-14,25-26H,7-8,11-12H2,1-2H3. The van der Waals surface area contributed by atoms with Crippen LogP contribution in [-0.2, 0) is 0 Å². The van der Waals surface area contributed by atoms with Crippen molar-refractivity contribution in [3.8, 4) is 23.2 Å². The van der Waals surface area contributed by atoms with Crippen molar-refractivity contribution in [2.75, 3.05) is 33.9 Å². The minimum Gasteiger partial charge on any atom is -0.496 e. The molecule has 0 saturated carbocycles. The number of hydrogen-bond donors (Lipinski definition) is 2. The Bertz CT molecular complexity index is 1140. The van der Waals surface area contributed by atoms with E-state index < -0.39 is 0 Å². The molecule has 2 heterocycles. The van der Waals surface area contributed by atoms with E-state index in [1.807, 2.05) is 0 Å². The Balaban J connectivity index is 1.95. The third kappa shape index (κ3) is 4.08. The number of nitrogens with one attached hydrogen (secondary N) is 1. The lowest BCUT2D eigenvalue weighted by Crippen LogP contribution is -2.37. The molecular weight excluding hydrogens is 422 g/mol. The van der Waals surface area contributed by atoms with Crippen LogP contribution >= 0.6 is 11.6 Å². The quantitative estimate of drug-likeness (QED) is 0.593. The summed E-state index contributed by atoms with van der Waals surface area (Å²) in [4.78, 5) is 13.1. The predicted octanol–water partition coefficient (Wildman–Crippen LogP) is 3.94. The van der Waals surface area contributed by atoms with Gasteiger partial charge in [-0.3, -0.25) is 4.79 Å². The number of piperidine rings is 1. The maximum Gasteiger partial charge on any atom is 0.294 e. The van der Waals surface area contributed by atoms with Crippen LogP contribution in [0.1, 0.15) is 17.9 Å². The molecule has 1 fully saturated rings. The maximum atomic E-state index is 13.1. The number of ether oxygens (including phenoxy) is 3. The molecule has 164 valence electrons. The van der Waals surface area contributed by atoms with Crippen LogP contribution in [0.25, 0.3) is 11.0 Å². The molecule has 31 heavy (non-hydrogen) atoms. The summed E-state index contributed by atoms with van der Waals surface area (Å²) < 4.78 is 23.0. The molecule has 7 nitrogen and oxygen atoms in total. The van der Waals surface area contributed by atoms with Crippen molar-refractivity contribution in [3.05, 3.63) is 57.2 Å². The highest BCUT2D eigenvalue weighted by Gasteiger charge is 2.32. The molecule has 0 spiro atoms. The lowest BCUT2D eigenvalue weighted by Gasteiger charge is -2.32. The van der Waals surface area contributed by atoms with Gasteiger partial charge in [0.2, 0.25) is 0 Å². The fraction of sp³-hybridized carbons (Fsp3) is 0.348. The van der Waals surface area contributed by atoms with Crippen molar-refractivity contribution in [2.45, 2.75) is 12.3 Å². The fourth-order valence-electron chi connectivity index (χ4n) is 4.14. The van der Waals surface area contributed by atoms with Crippen LogP contribution < -0.4 is 25.0 Å². The first kappa shape index (κ1) is 21.5. The first-order chi connectivity index (χ1) is 15.1. The SMILES string of the molecule is COc1cc(OC)c2c(=O)cc(Oc3ccccc3Cl)oc2c1C1CCNCC1CO. The smallest absolute Gasteiger partial charge is 0.294 e. The molecule has 0 bridgehead atoms. The number of aliphatic hydroxyl groups excluding tert-OH is 1. The largest absolute Gasteiger partial charge is 0.496 e. The lowest BCUT2D eigenvalue weighted by atomic mass is 9.80. The maximum absolute atomic E-state index is 13.1. The molecule has 2 aromatic carbocycles. The zero-order valence-electron chi connectivity index (χ0n) is 17.3. The fourth-order valence-corrected chi connectivity index (χ4v) is 4.31. The molecule has 4 rings (SSSR count). The molecule has 0 amide bonds. The molecule has 3 aromatic rings. The molecule has 2 unspecified atom stereocenters. The number of hydrogen-bond acceptors (Lipinski definition) is 7. The molecule has 1 aliphatic heterocycles. The Hall–Kier alpha value is -2.74. The summed E-state index contributed by atoms with van der Waals surface area (Å²) in [5.41, 5.74) is 0.746. The number of halogens is 1. The van der Waals surface area contributed by atoms with Crippen molar-refractivity contribution in [1.29, 1.82) is 0 Å². The number of methoxy groups -OCH3 is 2. The molecule has 0 radical (unpaired) electrons. The van der Waals surface area contributed by atoms with E-state index in [0.29, 0.717) is 39.8 Å². The van der Waals surface area contributed by atoms with Crippen molar-refractivity contribution < 1.29 is 23.7 Å². The summed E-state index contributed by atoms with van der Waals surface area (Å²) in [5.74, 6) is 1.14. The van der Waals surface area contributed by atoms with Gasteiger partial charge >= 0.3 is 0 Å². The average molecular weight is 446 g/mol. The molecular formula is C23H24ClNO6. The number of para-hydroxylation sites is 1. The highest BCUT2D eigenvalue weighted by molar-refractivity contribution is 6.32. The van der Waals surface area contributed by atoms with Gasteiger partial charge in [-0.05, 0) is 31.0 Å². The Morgan fingerprint density at radius 1 is 1.16 bits per heavy atom. The van der Waals surface area contributed by atoms with E-state index >= 15 is 0 Å². The van der Waals surface area contributed by atoms with E-state index in [-0.39, 0.29) is 29.8 Å². The second-order valence-electron chi connectivity index (χ2n) is 7.40. The zero-order valence-corrected chi connectivity index (χ0v) is 18.1. The van der Waals surface area contributed by atoms with E-state index in [1.54, 1.807) is 37.4 Å². The topological polar surface area (TPSA) is 90.2 Å². The van der Waals surface area contributed by atoms with Crippen LogP contribution in [0.3, 0.4) is 0 Å². The number of aliphatic hydroxyl groups is 1. The number of rotatable bonds is 6. The summed E-state index contributed by atoms with van der Waals surface area (Å²) in [5, 5.41) is 14.0. The van der Waals surface area contributed by atoms with Crippen LogP contribution in [0.5, 0.6) is 23.2 Å². The van der Waals surface area contributed by atoms with Gasteiger partial charge in [0.05, 0.1) is 25.3 Å². The molecule has 1 saturated heterocycles. The first-order valence-corrected chi connectivity index (χ1v) is 10.4. The van der Waals surface area contributed by atoms with Gasteiger partial charge in [-0.15, -0.1) is 0 Å². The van der Waals surface area contributed by atoms with Crippen molar-refractivity contribution in [2.24, 2.45) is 5.92 Å². The molecule has 2 atom stereocenters. The highest BCUT2D eigenvalue weighted by atomic mass is 35.5. The zero-order chi connectivity index (χ0) is 22.0. The second kappa shape index (κ2) is 9.18. The minimum atomic E-state index is -0.307. The summed E-state index contributed by atoms with van der Waals surface area (Å²) >= 11 is 6.20. The molecule has 1 aliphatic rings. The Morgan fingerprint density at radius 3 is 2.65 bits per heavy atom. The van der Waals surface area contributed by atoms with Gasteiger partial charge in [-0.25, -0.2) is 0 Å². The van der Waals surface area contributed by atoms with Crippen molar-refractivity contribution in [3.63, 3.8) is 0 Å². The van der Waals surface area contributed by atoms with Gasteiger partial charge in [-0.2, -0.15) is 0 Å². The van der Waals surface area contributed by atoms with E-state index in [1.165, 1.54) is 13.2 Å². The van der Waals surface area contributed by atoms with E-state index in [2.05, 4.69) is 5.32 Å². The van der Waals surface area contributed by atoms with Gasteiger partial charge in [0.25, 0.3) is 5.95 Å². The van der Waals surface area contributed by atoms with Crippen LogP contribution in [0.15, 0.2) is 45.6 Å². The van der Waals surface area contributed by atoms with Crippen LogP contribution in [0.4, 0.5) is 0 Å². The molecule has 8 heteroatoms. The number of fused-ring (bicyclic) bond motifs is 1. The Morgan fingerprint density at radius 2 is 1.94 bits per heavy atom. The van der Waals surface area contributed by atoms with Gasteiger partial charge in [0.1, 0.15) is 22.6 Å². The summed E-state index contributed by atoms with van der Waals surface area (Å²) in [7, 11) is 3.05. The normalized spacial score (nSPS) is 18.7. The van der Waals surface area contributed by atoms with E-state index in [0.717, 1.165) is 18.5 Å². The van der Waals surface area contributed by atoms with Gasteiger partial charge in [0.15, 0.2) is 11.0 Å². The van der Waals surface area contributed by atoms with Crippen LogP contribution in [0.2, 0.25) is 5.02 Å². The second-order valence-corrected chi connectivity index (χ2v) is 7.81. The van der Waals surface area contributed by atoms with Gasteiger partial charge < -0.3 is 29.1 Å². The average Bonchev–Trinajstić information content (AvgIpc) is 2.79. The molecule has 1 aromatic heterocycles. The van der Waals surface area contributed by atoms with Crippen molar-refractivity contribution in [1.82, 2.24) is 5.32 Å². The highest BCUT2D eigenvalue weighted by Crippen LogP contribution is 2.44. The monoisotopic (exact) mass is 445 g/mol. The minimum absolute atomic E-state index is 0.00557. The molecule has 0 aliphatic carbocycles. The van der Waals surface area contributed by atoms with Gasteiger partial charge in [-0.1, -0.05) is 23.7 Å². The summed E-state index contributed by atoms with van der Waals surface area (Å²) in [6.45, 7) is 1.42. The van der Waals surface area contributed by atoms with Crippen LogP contribution in [0, 0.1) is 5.92 Å². The first-order valence-electron chi connectivity index (χ1n) is 10.0. The van der Waals surface area contributed by atoms with E-state index in [4.69, 9.17) is 30.2 Å². The molecule has 2 N–H and O–H groups in total. The van der Waals surface area contributed by atoms with Gasteiger partial charge in [0, 0.05) is 30.7 Å². The summed E-state index contributed by atoms with van der Waals surface area (Å²) in [6, 6.07) is 9.91. The third-order valence-electron chi connectivity index (χ3n) is 5.64. The number of benzene rings is 2. The Kier molecular flexibility index (Phi) is 6.36. The Labute approximate surface area is 184 Å². The third-order valence-corrected chi connectivity index (χ3v) is 5.96.